The number of rotatable bonds is 9. The summed E-state index contributed by atoms with van der Waals surface area (Å²) in [7, 11) is 0. The molecule has 0 bridgehead atoms. The van der Waals surface area contributed by atoms with Crippen molar-refractivity contribution >= 4 is 17.5 Å². The number of hydrogen-bond acceptors (Lipinski definition) is 9. The first-order valence-electron chi connectivity index (χ1n) is 11.1. The van der Waals surface area contributed by atoms with Crippen LogP contribution in [-0.4, -0.2) is 50.1 Å². The summed E-state index contributed by atoms with van der Waals surface area (Å²) < 4.78 is 54.2. The van der Waals surface area contributed by atoms with E-state index < -0.39 is 11.3 Å². The quantitative estimate of drug-likeness (QED) is 0.313. The normalized spacial score (nSPS) is 17.2. The molecule has 0 spiro atoms. The van der Waals surface area contributed by atoms with Crippen molar-refractivity contribution in [1.82, 2.24) is 19.5 Å². The first kappa shape index (κ1) is 23.8. The molecule has 0 radical (unpaired) electrons. The molecule has 11 nitrogen and oxygen atoms in total. The molecule has 2 aromatic heterocycles. The van der Waals surface area contributed by atoms with Gasteiger partial charge in [-0.2, -0.15) is 0 Å². The van der Waals surface area contributed by atoms with Gasteiger partial charge >= 0.3 is 18.2 Å². The van der Waals surface area contributed by atoms with E-state index in [-0.39, 0.29) is 36.9 Å². The second-order valence-corrected chi connectivity index (χ2v) is 8.52. The monoisotopic (exact) mass is 506 g/mol. The summed E-state index contributed by atoms with van der Waals surface area (Å²) in [6, 6.07) is 5.79. The molecule has 3 aromatic rings. The van der Waals surface area contributed by atoms with Gasteiger partial charge < -0.3 is 29.2 Å². The fourth-order valence-electron chi connectivity index (χ4n) is 3.72. The van der Waals surface area contributed by atoms with E-state index in [0.29, 0.717) is 36.2 Å². The number of hydrogen-bond donors (Lipinski definition) is 0. The maximum absolute atomic E-state index is 12.5. The van der Waals surface area contributed by atoms with Gasteiger partial charge in [-0.25, -0.2) is 9.97 Å². The third-order valence-electron chi connectivity index (χ3n) is 5.65. The van der Waals surface area contributed by atoms with Crippen LogP contribution in [0.4, 0.5) is 30.6 Å². The molecule has 14 heteroatoms. The molecule has 1 saturated carbocycles. The summed E-state index contributed by atoms with van der Waals surface area (Å²) in [4.78, 5) is 24.9. The van der Waals surface area contributed by atoms with Gasteiger partial charge in [0.25, 0.3) is 0 Å². The first-order valence-corrected chi connectivity index (χ1v) is 11.1. The predicted octanol–water partition coefficient (Wildman–Crippen LogP) is 4.01. The fourth-order valence-corrected chi connectivity index (χ4v) is 3.72. The summed E-state index contributed by atoms with van der Waals surface area (Å²) >= 11 is 0. The molecule has 1 aliphatic heterocycles. The van der Waals surface area contributed by atoms with Crippen molar-refractivity contribution in [1.29, 1.82) is 0 Å². The molecule has 1 aromatic carbocycles. The van der Waals surface area contributed by atoms with E-state index in [2.05, 4.69) is 19.7 Å². The highest BCUT2D eigenvalue weighted by molar-refractivity contribution is 5.58. The molecular weight excluding hydrogens is 485 g/mol. The van der Waals surface area contributed by atoms with Crippen molar-refractivity contribution in [2.45, 2.75) is 38.5 Å². The Morgan fingerprint density at radius 2 is 1.92 bits per heavy atom. The molecule has 36 heavy (non-hydrogen) atoms. The highest BCUT2D eigenvalue weighted by Gasteiger charge is 2.32. The van der Waals surface area contributed by atoms with Crippen LogP contribution < -0.4 is 14.4 Å². The summed E-state index contributed by atoms with van der Waals surface area (Å²) in [5.41, 5.74) is 1.37. The Morgan fingerprint density at radius 1 is 1.19 bits per heavy atom. The second-order valence-electron chi connectivity index (χ2n) is 8.52. The molecule has 1 fully saturated rings. The lowest BCUT2D eigenvalue weighted by molar-refractivity contribution is -0.389. The largest absolute Gasteiger partial charge is 0.573 e. The van der Waals surface area contributed by atoms with Crippen LogP contribution in [0.3, 0.4) is 0 Å². The number of alkyl halides is 3. The van der Waals surface area contributed by atoms with E-state index in [4.69, 9.17) is 9.47 Å². The highest BCUT2D eigenvalue weighted by atomic mass is 19.4. The Balaban J connectivity index is 1.22. The van der Waals surface area contributed by atoms with Crippen LogP contribution in [0, 0.1) is 16.0 Å². The molecule has 0 amide bonds. The minimum Gasteiger partial charge on any atom is -0.443 e. The Kier molecular flexibility index (Phi) is 6.35. The number of halogens is 3. The van der Waals surface area contributed by atoms with E-state index in [1.807, 2.05) is 4.90 Å². The van der Waals surface area contributed by atoms with Gasteiger partial charge in [0.1, 0.15) is 24.7 Å². The summed E-state index contributed by atoms with van der Waals surface area (Å²) in [5, 5.41) is 10.9. The fraction of sp³-hybridized carbons (Fsp3) is 0.409. The Labute approximate surface area is 202 Å². The molecule has 190 valence electrons. The van der Waals surface area contributed by atoms with E-state index in [1.54, 1.807) is 24.5 Å². The smallest absolute Gasteiger partial charge is 0.443 e. The van der Waals surface area contributed by atoms with Crippen molar-refractivity contribution in [3.63, 3.8) is 0 Å². The van der Waals surface area contributed by atoms with E-state index >= 15 is 0 Å². The number of anilines is 2. The molecule has 0 N–H and O–H groups in total. The zero-order chi connectivity index (χ0) is 25.3. The molecule has 1 aliphatic carbocycles. The summed E-state index contributed by atoms with van der Waals surface area (Å²) in [6.07, 6.45) is 1.61. The van der Waals surface area contributed by atoms with Gasteiger partial charge in [-0.1, -0.05) is 0 Å². The van der Waals surface area contributed by atoms with Crippen molar-refractivity contribution in [3.05, 3.63) is 58.5 Å². The van der Waals surface area contributed by atoms with Gasteiger partial charge in [-0.3, -0.25) is 4.57 Å². The van der Waals surface area contributed by atoms with Crippen LogP contribution in [-0.2, 0) is 17.9 Å². The summed E-state index contributed by atoms with van der Waals surface area (Å²) in [6.45, 7) is 1.41. The Hall–Kier alpha value is -3.94. The lowest BCUT2D eigenvalue weighted by Crippen LogP contribution is -2.32. The SMILES string of the molecule is O=[N+]([O-])c1cn2c(n1)OC[C@@H](OCc1cnc(N(CC3CC3)c3ccc(OC(F)(F)F)cc3)nc1)C2. The lowest BCUT2D eigenvalue weighted by atomic mass is 10.2. The minimum atomic E-state index is -4.75. The zero-order valence-electron chi connectivity index (χ0n) is 18.8. The van der Waals surface area contributed by atoms with Gasteiger partial charge in [0.15, 0.2) is 0 Å². The van der Waals surface area contributed by atoms with E-state index in [0.717, 1.165) is 12.8 Å². The molecule has 2 aliphatic rings. The summed E-state index contributed by atoms with van der Waals surface area (Å²) in [5.74, 6) is 0.312. The van der Waals surface area contributed by atoms with Gasteiger partial charge in [-0.05, 0) is 47.9 Å². The number of ether oxygens (including phenoxy) is 3. The predicted molar refractivity (Wildman–Crippen MR) is 118 cm³/mol. The molecular formula is C22H21F3N6O5. The number of nitro groups is 1. The highest BCUT2D eigenvalue weighted by Crippen LogP contribution is 2.35. The molecule has 0 saturated heterocycles. The van der Waals surface area contributed by atoms with E-state index in [1.165, 1.54) is 22.9 Å². The standard InChI is InChI=1S/C22H21F3N6O5/c23-22(24,25)36-17-5-3-16(4-6-17)30(9-14-1-2-14)20-26-7-15(8-27-20)12-34-18-10-29-11-19(31(32)33)28-21(29)35-13-18/h3-8,11,14,18H,1-2,9-10,12-13H2/t18-/m0/s1. The third-order valence-corrected chi connectivity index (χ3v) is 5.65. The number of imidazole rings is 1. The molecule has 1 atom stereocenters. The second kappa shape index (κ2) is 9.60. The van der Waals surface area contributed by atoms with Crippen LogP contribution in [0.25, 0.3) is 0 Å². The average molecular weight is 506 g/mol. The number of fused-ring (bicyclic) bond motifs is 1. The van der Waals surface area contributed by atoms with Crippen LogP contribution in [0.1, 0.15) is 18.4 Å². The van der Waals surface area contributed by atoms with Gasteiger partial charge in [0.05, 0.1) is 13.2 Å². The Morgan fingerprint density at radius 3 is 2.56 bits per heavy atom. The van der Waals surface area contributed by atoms with Gasteiger partial charge in [0, 0.05) is 35.2 Å². The number of nitrogens with zero attached hydrogens (tertiary/aromatic N) is 6. The molecule has 5 rings (SSSR count). The Bertz CT molecular complexity index is 1210. The van der Waals surface area contributed by atoms with Gasteiger partial charge in [0.2, 0.25) is 5.95 Å². The maximum Gasteiger partial charge on any atom is 0.573 e. The maximum atomic E-state index is 12.5. The van der Waals surface area contributed by atoms with E-state index in [9.17, 15) is 23.3 Å². The average Bonchev–Trinajstić information content (AvgIpc) is 3.56. The van der Waals surface area contributed by atoms with Crippen molar-refractivity contribution in [2.24, 2.45) is 5.92 Å². The minimum absolute atomic E-state index is 0.183. The molecule has 0 unspecified atom stereocenters. The van der Waals surface area contributed by atoms with Crippen molar-refractivity contribution in [3.8, 4) is 11.8 Å². The zero-order valence-corrected chi connectivity index (χ0v) is 18.8. The van der Waals surface area contributed by atoms with Crippen LogP contribution in [0.15, 0.2) is 42.9 Å². The van der Waals surface area contributed by atoms with Crippen LogP contribution >= 0.6 is 0 Å². The lowest BCUT2D eigenvalue weighted by Gasteiger charge is -2.24. The number of aromatic nitrogens is 4. The van der Waals surface area contributed by atoms with Crippen molar-refractivity contribution in [2.75, 3.05) is 18.1 Å². The van der Waals surface area contributed by atoms with Crippen LogP contribution in [0.2, 0.25) is 0 Å². The van der Waals surface area contributed by atoms with Gasteiger partial charge in [-0.15, -0.1) is 13.2 Å². The molecule has 3 heterocycles. The van der Waals surface area contributed by atoms with Crippen LogP contribution in [0.5, 0.6) is 11.8 Å². The van der Waals surface area contributed by atoms with Crippen molar-refractivity contribution < 1.29 is 32.3 Å². The first-order chi connectivity index (χ1) is 17.2. The number of benzene rings is 1. The topological polar surface area (TPSA) is 118 Å². The third kappa shape index (κ3) is 5.82.